The number of quaternary nitrogens is 1. The van der Waals surface area contributed by atoms with Crippen molar-refractivity contribution in [2.24, 2.45) is 0 Å². The molecular weight excluding hydrogens is 1080 g/mol. The van der Waals surface area contributed by atoms with Crippen molar-refractivity contribution in [3.05, 3.63) is 109 Å². The number of carbonyl (C=O) groups excluding carboxylic acids is 1. The van der Waals surface area contributed by atoms with Gasteiger partial charge in [0.15, 0.2) is 0 Å². The molecule has 0 bridgehead atoms. The first-order valence-electron chi connectivity index (χ1n) is 36.2. The molecule has 0 aliphatic rings. The predicted octanol–water partition coefficient (Wildman–Crippen LogP) is 22.8. The maximum atomic E-state index is 13.0. The van der Waals surface area contributed by atoms with Gasteiger partial charge in [0.1, 0.15) is 13.2 Å². The maximum Gasteiger partial charge on any atom is 0.268 e. The van der Waals surface area contributed by atoms with Gasteiger partial charge in [0, 0.05) is 6.42 Å². The SMILES string of the molecule is CC/C=C\C/C=C\C/C=C\C/C=C\C/C=C\C/C=C\CCCCCCCCCCCCCCCCCCC(=O)NC(COP(=O)([O-])OCC[N+](C)(C)C)C(O)/C=C/CC/C=C/CC/C=C/CCCCCCCCCCCCCCCCCCCCC. The quantitative estimate of drug-likeness (QED) is 0.0272. The fourth-order valence-electron chi connectivity index (χ4n) is 10.4. The summed E-state index contributed by atoms with van der Waals surface area (Å²) in [5, 5.41) is 13.9. The molecule has 9 heteroatoms. The summed E-state index contributed by atoms with van der Waals surface area (Å²) in [6, 6.07) is -0.917. The van der Waals surface area contributed by atoms with Gasteiger partial charge in [-0.3, -0.25) is 9.36 Å². The average Bonchev–Trinajstić information content (AvgIpc) is 3.70. The number of amides is 1. The minimum Gasteiger partial charge on any atom is -0.756 e. The Balaban J connectivity index is 4.11. The van der Waals surface area contributed by atoms with E-state index in [1.807, 2.05) is 27.2 Å². The molecule has 498 valence electrons. The molecule has 0 spiro atoms. The molecule has 0 aliphatic carbocycles. The maximum absolute atomic E-state index is 13.0. The lowest BCUT2D eigenvalue weighted by Crippen LogP contribution is -2.45. The summed E-state index contributed by atoms with van der Waals surface area (Å²) >= 11 is 0. The van der Waals surface area contributed by atoms with Gasteiger partial charge in [0.25, 0.3) is 7.82 Å². The van der Waals surface area contributed by atoms with Crippen LogP contribution in [0.3, 0.4) is 0 Å². The van der Waals surface area contributed by atoms with Gasteiger partial charge in [-0.25, -0.2) is 0 Å². The fourth-order valence-corrected chi connectivity index (χ4v) is 11.1. The van der Waals surface area contributed by atoms with Crippen LogP contribution < -0.4 is 10.2 Å². The standard InChI is InChI=1S/C77H139N2O6P/c1-6-8-10-12-14-16-18-20-22-24-26-28-30-32-34-36-37-38-39-40-41-43-45-47-49-51-53-55-57-59-61-63-65-67-69-71-77(81)78-75(74-85-86(82,83)84-73-72-79(3,4)5)76(80)70-68-66-64-62-60-58-56-54-52-50-48-46-44-42-35-33-31-29-27-25-23-21-19-17-15-13-11-9-7-2/h8,10,14,16,20,22,26,28,32,34,37-38,52,54,60,62,68,70,75-76,80H,6-7,9,11-13,15,17-19,21,23-25,27,29-31,33,35-36,39-51,53,55-59,61,63-67,69,71-74H2,1-5H3,(H-,78,81,82,83)/b10-8-,16-14-,22-20-,28-26-,34-32-,38-37-,54-52+,62-60+,70-68+. The number of carbonyl (C=O) groups is 1. The summed E-state index contributed by atoms with van der Waals surface area (Å²) in [4.78, 5) is 25.6. The summed E-state index contributed by atoms with van der Waals surface area (Å²) in [5.74, 6) is -0.211. The molecule has 0 aromatic carbocycles. The third kappa shape index (κ3) is 68.6. The second-order valence-corrected chi connectivity index (χ2v) is 27.0. The number of rotatable bonds is 66. The van der Waals surface area contributed by atoms with E-state index in [1.54, 1.807) is 6.08 Å². The van der Waals surface area contributed by atoms with Crippen LogP contribution in [0, 0.1) is 0 Å². The zero-order chi connectivity index (χ0) is 62.6. The van der Waals surface area contributed by atoms with Crippen molar-refractivity contribution >= 4 is 13.7 Å². The number of nitrogens with one attached hydrogen (secondary N) is 1. The van der Waals surface area contributed by atoms with Crippen molar-refractivity contribution in [3.8, 4) is 0 Å². The Morgan fingerprint density at radius 1 is 0.419 bits per heavy atom. The molecule has 0 fully saturated rings. The van der Waals surface area contributed by atoms with E-state index in [4.69, 9.17) is 9.05 Å². The Hall–Kier alpha value is -2.84. The number of phosphoric ester groups is 1. The van der Waals surface area contributed by atoms with Crippen molar-refractivity contribution < 1.29 is 32.9 Å². The number of aliphatic hydroxyl groups is 1. The number of likely N-dealkylation sites (N-methyl/N-ethyl adjacent to an activating group) is 1. The lowest BCUT2D eigenvalue weighted by Gasteiger charge is -2.29. The van der Waals surface area contributed by atoms with Gasteiger partial charge in [0.2, 0.25) is 5.91 Å². The highest BCUT2D eigenvalue weighted by atomic mass is 31.2. The van der Waals surface area contributed by atoms with Gasteiger partial charge >= 0.3 is 0 Å². The van der Waals surface area contributed by atoms with Crippen LogP contribution in [0.5, 0.6) is 0 Å². The summed E-state index contributed by atoms with van der Waals surface area (Å²) in [5.41, 5.74) is 0. The molecule has 0 radical (unpaired) electrons. The molecular formula is C77H139N2O6P. The second kappa shape index (κ2) is 66.6. The second-order valence-electron chi connectivity index (χ2n) is 25.5. The van der Waals surface area contributed by atoms with Crippen molar-refractivity contribution in [2.75, 3.05) is 40.9 Å². The first-order valence-corrected chi connectivity index (χ1v) is 37.7. The number of hydrogen-bond acceptors (Lipinski definition) is 6. The fraction of sp³-hybridized carbons (Fsp3) is 0.753. The molecule has 0 saturated carbocycles. The van der Waals surface area contributed by atoms with E-state index in [9.17, 15) is 19.4 Å². The van der Waals surface area contributed by atoms with Gasteiger partial charge in [-0.2, -0.15) is 0 Å². The third-order valence-corrected chi connectivity index (χ3v) is 16.9. The first kappa shape index (κ1) is 83.2. The van der Waals surface area contributed by atoms with Gasteiger partial charge in [0.05, 0.1) is 39.9 Å². The molecule has 0 saturated heterocycles. The normalized spacial score (nSPS) is 14.3. The largest absolute Gasteiger partial charge is 0.756 e. The highest BCUT2D eigenvalue weighted by molar-refractivity contribution is 7.45. The number of nitrogens with zero attached hydrogens (tertiary/aromatic N) is 1. The first-order chi connectivity index (χ1) is 42.0. The molecule has 8 nitrogen and oxygen atoms in total. The van der Waals surface area contributed by atoms with Crippen molar-refractivity contribution in [1.82, 2.24) is 5.32 Å². The zero-order valence-electron chi connectivity index (χ0n) is 57.0. The van der Waals surface area contributed by atoms with Crippen molar-refractivity contribution in [3.63, 3.8) is 0 Å². The number of allylic oxidation sites excluding steroid dienone is 17. The summed E-state index contributed by atoms with van der Waals surface area (Å²) in [6.07, 6.45) is 98.0. The Bertz CT molecular complexity index is 1770. The van der Waals surface area contributed by atoms with Crippen LogP contribution in [0.4, 0.5) is 0 Å². The molecule has 2 N–H and O–H groups in total. The highest BCUT2D eigenvalue weighted by Crippen LogP contribution is 2.38. The van der Waals surface area contributed by atoms with Gasteiger partial charge in [-0.15, -0.1) is 0 Å². The van der Waals surface area contributed by atoms with Crippen LogP contribution in [0.25, 0.3) is 0 Å². The smallest absolute Gasteiger partial charge is 0.268 e. The third-order valence-electron chi connectivity index (χ3n) is 15.9. The van der Waals surface area contributed by atoms with E-state index in [0.29, 0.717) is 17.4 Å². The van der Waals surface area contributed by atoms with Crippen LogP contribution in [0.2, 0.25) is 0 Å². The van der Waals surface area contributed by atoms with Crippen LogP contribution in [-0.2, 0) is 18.4 Å². The number of aliphatic hydroxyl groups excluding tert-OH is 1. The molecule has 0 aromatic rings. The summed E-state index contributed by atoms with van der Waals surface area (Å²) in [7, 11) is 1.23. The van der Waals surface area contributed by atoms with E-state index in [0.717, 1.165) is 83.5 Å². The van der Waals surface area contributed by atoms with Crippen molar-refractivity contribution in [2.45, 2.75) is 334 Å². The Kier molecular flexibility index (Phi) is 64.4. The minimum absolute atomic E-state index is 0.0122. The van der Waals surface area contributed by atoms with Crippen LogP contribution >= 0.6 is 7.82 Å². The molecule has 3 atom stereocenters. The van der Waals surface area contributed by atoms with Crippen molar-refractivity contribution in [1.29, 1.82) is 0 Å². The highest BCUT2D eigenvalue weighted by Gasteiger charge is 2.23. The molecule has 0 aromatic heterocycles. The number of phosphoric acid groups is 1. The van der Waals surface area contributed by atoms with E-state index in [-0.39, 0.29) is 12.5 Å². The van der Waals surface area contributed by atoms with Gasteiger partial charge < -0.3 is 28.8 Å². The van der Waals surface area contributed by atoms with Gasteiger partial charge in [-0.1, -0.05) is 329 Å². The predicted molar refractivity (Wildman–Crippen MR) is 376 cm³/mol. The molecule has 0 aliphatic heterocycles. The molecule has 3 unspecified atom stereocenters. The Morgan fingerprint density at radius 2 is 0.721 bits per heavy atom. The van der Waals surface area contributed by atoms with E-state index >= 15 is 0 Å². The topological polar surface area (TPSA) is 108 Å². The molecule has 1 amide bonds. The van der Waals surface area contributed by atoms with Gasteiger partial charge in [-0.05, 0) is 96.3 Å². The molecule has 0 heterocycles. The lowest BCUT2D eigenvalue weighted by molar-refractivity contribution is -0.870. The van der Waals surface area contributed by atoms with Crippen LogP contribution in [0.1, 0.15) is 322 Å². The van der Waals surface area contributed by atoms with E-state index < -0.39 is 26.6 Å². The summed E-state index contributed by atoms with van der Waals surface area (Å²) in [6.45, 7) is 4.54. The zero-order valence-corrected chi connectivity index (χ0v) is 57.9. The molecule has 86 heavy (non-hydrogen) atoms. The van der Waals surface area contributed by atoms with E-state index in [2.05, 4.69) is 116 Å². The van der Waals surface area contributed by atoms with E-state index in [1.165, 1.54) is 218 Å². The summed E-state index contributed by atoms with van der Waals surface area (Å²) < 4.78 is 23.4. The Morgan fingerprint density at radius 3 is 1.08 bits per heavy atom. The van der Waals surface area contributed by atoms with Crippen LogP contribution in [0.15, 0.2) is 109 Å². The average molecular weight is 1220 g/mol. The number of hydrogen-bond donors (Lipinski definition) is 2. The van der Waals surface area contributed by atoms with Crippen LogP contribution in [-0.4, -0.2) is 68.5 Å². The number of unbranched alkanes of at least 4 members (excludes halogenated alkanes) is 37. The minimum atomic E-state index is -4.62. The monoisotopic (exact) mass is 1220 g/mol. The Labute approximate surface area is 533 Å². The lowest BCUT2D eigenvalue weighted by atomic mass is 10.0. The molecule has 0 rings (SSSR count).